The molecule has 1 unspecified atom stereocenters. The maximum atomic E-state index is 12.9. The number of carboxylic acids is 1. The van der Waals surface area contributed by atoms with Gasteiger partial charge in [-0.3, -0.25) is 4.79 Å². The van der Waals surface area contributed by atoms with Crippen molar-refractivity contribution in [2.24, 2.45) is 17.6 Å². The third-order valence-electron chi connectivity index (χ3n) is 7.15. The minimum absolute atomic E-state index is 0.179. The normalized spacial score (nSPS) is 19.8. The van der Waals surface area contributed by atoms with Crippen LogP contribution < -0.4 is 16.4 Å². The summed E-state index contributed by atoms with van der Waals surface area (Å²) in [6.07, 6.45) is 1.77. The Morgan fingerprint density at radius 3 is 2.20 bits per heavy atom. The predicted octanol–water partition coefficient (Wildman–Crippen LogP) is 2.08. The van der Waals surface area contributed by atoms with Crippen molar-refractivity contribution in [2.45, 2.75) is 66.3 Å². The first-order valence-corrected chi connectivity index (χ1v) is 16.0. The molecule has 3 saturated heterocycles. The number of urea groups is 1. The zero-order valence-electron chi connectivity index (χ0n) is 27.7. The highest BCUT2D eigenvalue weighted by Gasteiger charge is 2.55. The quantitative estimate of drug-likeness (QED) is 0.213. The molecule has 3 aliphatic heterocycles. The van der Waals surface area contributed by atoms with Gasteiger partial charge in [-0.25, -0.2) is 24.1 Å². The van der Waals surface area contributed by atoms with Gasteiger partial charge in [-0.1, -0.05) is 34.3 Å². The van der Waals surface area contributed by atoms with Gasteiger partial charge in [-0.15, -0.1) is 0 Å². The molecule has 258 valence electrons. The molecule has 0 spiro atoms. The van der Waals surface area contributed by atoms with Crippen LogP contribution in [0.2, 0.25) is 0 Å². The monoisotopic (exact) mass is 641 g/mol. The molecule has 3 fully saturated rings. The van der Waals surface area contributed by atoms with Crippen LogP contribution >= 0.6 is 0 Å². The number of nitrogens with two attached hydrogens (primary N) is 1. The highest BCUT2D eigenvalue weighted by atomic mass is 16.6. The molecule has 0 bridgehead atoms. The van der Waals surface area contributed by atoms with E-state index in [4.69, 9.17) is 15.2 Å². The second-order valence-electron chi connectivity index (χ2n) is 11.1. The second-order valence-corrected chi connectivity index (χ2v) is 11.1. The van der Waals surface area contributed by atoms with Gasteiger partial charge in [0.2, 0.25) is 5.91 Å². The molecule has 2 atom stereocenters. The molecule has 0 saturated carbocycles. The summed E-state index contributed by atoms with van der Waals surface area (Å²) >= 11 is 0. The fourth-order valence-corrected chi connectivity index (χ4v) is 4.91. The van der Waals surface area contributed by atoms with Crippen molar-refractivity contribution in [1.82, 2.24) is 30.2 Å². The van der Waals surface area contributed by atoms with Gasteiger partial charge in [0.1, 0.15) is 0 Å². The van der Waals surface area contributed by atoms with Gasteiger partial charge in [0.15, 0.2) is 6.04 Å². The third-order valence-corrected chi connectivity index (χ3v) is 7.15. The average molecular weight is 642 g/mol. The number of amides is 5. The number of hydrogen-bond donors (Lipinski definition) is 4. The molecule has 15 nitrogen and oxygen atoms in total. The highest BCUT2D eigenvalue weighted by molar-refractivity contribution is 6.07. The van der Waals surface area contributed by atoms with Gasteiger partial charge in [0.05, 0.1) is 25.0 Å². The summed E-state index contributed by atoms with van der Waals surface area (Å²) in [4.78, 5) is 66.1. The summed E-state index contributed by atoms with van der Waals surface area (Å²) in [6, 6.07) is -1.81. The third kappa shape index (κ3) is 13.0. The van der Waals surface area contributed by atoms with E-state index >= 15 is 0 Å². The summed E-state index contributed by atoms with van der Waals surface area (Å²) in [5, 5.41) is 15.6. The number of β-lactam (4-membered cyclic amide) rings is 1. The van der Waals surface area contributed by atoms with Crippen LogP contribution in [0.15, 0.2) is 12.4 Å². The van der Waals surface area contributed by atoms with Crippen LogP contribution in [-0.4, -0.2) is 133 Å². The van der Waals surface area contributed by atoms with Crippen LogP contribution in [0.1, 0.15) is 60.3 Å². The van der Waals surface area contributed by atoms with Crippen molar-refractivity contribution < 1.29 is 38.6 Å². The maximum Gasteiger partial charge on any atom is 0.409 e. The van der Waals surface area contributed by atoms with E-state index in [0.717, 1.165) is 37.5 Å². The number of likely N-dealkylation sites (tertiary alicyclic amines) is 1. The van der Waals surface area contributed by atoms with Crippen molar-refractivity contribution in [2.75, 3.05) is 72.1 Å². The standard InChI is InChI=1S/C20H33N5O6.C8H16N2O2.C2H6/c1-13(2)12-31-20(30)24-9-5-8-23(10-11-24)19(29)25-16(18(27)28)15(17(25)26)6-4-7-22-14(3)21;1-2-12-8(11)10-6-3-4-9-5-7-10;1-2/h13,15-16,22H,3-12,21H2,1-2H3,(H,27,28);9H,2-7H2,1H3;1-2H3/t15-,16?;;/m1../s1. The van der Waals surface area contributed by atoms with Crippen LogP contribution in [0.5, 0.6) is 0 Å². The zero-order valence-corrected chi connectivity index (χ0v) is 27.7. The van der Waals surface area contributed by atoms with Crippen LogP contribution in [0.4, 0.5) is 14.4 Å². The molecule has 5 N–H and O–H groups in total. The Labute approximate surface area is 267 Å². The minimum Gasteiger partial charge on any atom is -0.480 e. The van der Waals surface area contributed by atoms with Crippen LogP contribution in [-0.2, 0) is 19.1 Å². The average Bonchev–Trinajstić information content (AvgIpc) is 3.43. The van der Waals surface area contributed by atoms with E-state index in [1.807, 2.05) is 34.6 Å². The molecule has 45 heavy (non-hydrogen) atoms. The summed E-state index contributed by atoms with van der Waals surface area (Å²) in [5.41, 5.74) is 5.42. The number of nitrogens with zero attached hydrogens (tertiary/aromatic N) is 4. The number of rotatable bonds is 9. The van der Waals surface area contributed by atoms with Gasteiger partial charge in [0.25, 0.3) is 0 Å². The Balaban J connectivity index is 0.000000601. The Morgan fingerprint density at radius 2 is 1.58 bits per heavy atom. The molecule has 0 aromatic rings. The van der Waals surface area contributed by atoms with Crippen molar-refractivity contribution in [1.29, 1.82) is 0 Å². The second kappa shape index (κ2) is 21.1. The first-order valence-electron chi connectivity index (χ1n) is 16.0. The van der Waals surface area contributed by atoms with Gasteiger partial charge in [-0.2, -0.15) is 0 Å². The van der Waals surface area contributed by atoms with E-state index in [9.17, 15) is 29.1 Å². The molecule has 3 heterocycles. The van der Waals surface area contributed by atoms with Crippen LogP contribution in [0.3, 0.4) is 0 Å². The van der Waals surface area contributed by atoms with Crippen LogP contribution in [0, 0.1) is 11.8 Å². The zero-order chi connectivity index (χ0) is 33.9. The Hall–Kier alpha value is -3.75. The van der Waals surface area contributed by atoms with Crippen LogP contribution in [0.25, 0.3) is 0 Å². The highest BCUT2D eigenvalue weighted by Crippen LogP contribution is 2.32. The summed E-state index contributed by atoms with van der Waals surface area (Å²) in [6.45, 7) is 19.1. The smallest absolute Gasteiger partial charge is 0.409 e. The predicted molar refractivity (Wildman–Crippen MR) is 169 cm³/mol. The maximum absolute atomic E-state index is 12.9. The van der Waals surface area contributed by atoms with E-state index in [1.165, 1.54) is 9.80 Å². The van der Waals surface area contributed by atoms with Crippen molar-refractivity contribution in [3.05, 3.63) is 12.4 Å². The number of hydrogen-bond acceptors (Lipinski definition) is 10. The number of nitrogens with one attached hydrogen (secondary N) is 2. The van der Waals surface area contributed by atoms with Crippen molar-refractivity contribution in [3.8, 4) is 0 Å². The molecule has 0 radical (unpaired) electrons. The van der Waals surface area contributed by atoms with E-state index in [-0.39, 0.29) is 25.1 Å². The van der Waals surface area contributed by atoms with E-state index in [1.54, 1.807) is 4.90 Å². The Bertz CT molecular complexity index is 972. The SMILES string of the molecule is C=C(N)NCCC[C@H]1C(=O)N(C(=O)N2CCCN(C(=O)OCC(C)C)CC2)C1C(=O)O.CC.CCOC(=O)N1CCCNCC1. The van der Waals surface area contributed by atoms with Gasteiger partial charge >= 0.3 is 24.2 Å². The lowest BCUT2D eigenvalue weighted by Crippen LogP contribution is -2.68. The van der Waals surface area contributed by atoms with Gasteiger partial charge in [0, 0.05) is 52.4 Å². The van der Waals surface area contributed by atoms with E-state index < -0.39 is 36.0 Å². The number of carboxylic acid groups (broad SMARTS) is 1. The first kappa shape index (κ1) is 39.3. The molecule has 0 aromatic heterocycles. The topological polar surface area (TPSA) is 187 Å². The molecule has 0 aliphatic carbocycles. The largest absolute Gasteiger partial charge is 0.480 e. The number of ether oxygens (including phenoxy) is 2. The number of imide groups is 1. The van der Waals surface area contributed by atoms with E-state index in [0.29, 0.717) is 57.9 Å². The molecular formula is C30H55N7O8. The molecule has 15 heteroatoms. The molecule has 3 rings (SSSR count). The van der Waals surface area contributed by atoms with Crippen molar-refractivity contribution in [3.63, 3.8) is 0 Å². The fourth-order valence-electron chi connectivity index (χ4n) is 4.91. The summed E-state index contributed by atoms with van der Waals surface area (Å²) in [7, 11) is 0. The first-order chi connectivity index (χ1) is 21.5. The molecule has 3 aliphatic rings. The number of carbonyl (C=O) groups excluding carboxylic acids is 4. The number of aliphatic carboxylic acids is 1. The lowest BCUT2D eigenvalue weighted by Gasteiger charge is -2.44. The van der Waals surface area contributed by atoms with E-state index in [2.05, 4.69) is 17.2 Å². The lowest BCUT2D eigenvalue weighted by atomic mass is 9.84. The molecule has 0 aromatic carbocycles. The Kier molecular flexibility index (Phi) is 18.4. The molecular weight excluding hydrogens is 586 g/mol. The summed E-state index contributed by atoms with van der Waals surface area (Å²) in [5.74, 6) is -1.92. The van der Waals surface area contributed by atoms with Gasteiger partial charge < -0.3 is 45.6 Å². The minimum atomic E-state index is -1.21. The number of carbonyl (C=O) groups is 5. The lowest BCUT2D eigenvalue weighted by molar-refractivity contribution is -0.166. The summed E-state index contributed by atoms with van der Waals surface area (Å²) < 4.78 is 10.1. The fraction of sp³-hybridized carbons (Fsp3) is 0.767. The molecule has 5 amide bonds. The van der Waals surface area contributed by atoms with Crippen molar-refractivity contribution >= 4 is 30.1 Å². The van der Waals surface area contributed by atoms with Gasteiger partial charge in [-0.05, 0) is 45.1 Å². The Morgan fingerprint density at radius 1 is 0.978 bits per heavy atom.